The number of hydrazine groups is 1. The van der Waals surface area contributed by atoms with Gasteiger partial charge in [0.2, 0.25) is 5.91 Å². The number of anilines is 2. The predicted molar refractivity (Wildman–Crippen MR) is 92.5 cm³/mol. The van der Waals surface area contributed by atoms with Crippen LogP contribution in [0.5, 0.6) is 0 Å². The number of nitrogens with two attached hydrogens (primary N) is 1. The summed E-state index contributed by atoms with van der Waals surface area (Å²) in [6, 6.07) is 7.47. The molecule has 0 spiro atoms. The van der Waals surface area contributed by atoms with Gasteiger partial charge in [-0.25, -0.2) is 0 Å². The van der Waals surface area contributed by atoms with Crippen LogP contribution in [0.3, 0.4) is 0 Å². The van der Waals surface area contributed by atoms with Gasteiger partial charge in [0.1, 0.15) is 0 Å². The first kappa shape index (κ1) is 16.8. The summed E-state index contributed by atoms with van der Waals surface area (Å²) in [5, 5.41) is 3.00. The molecule has 1 aliphatic rings. The molecule has 0 aliphatic heterocycles. The van der Waals surface area contributed by atoms with E-state index < -0.39 is 0 Å². The minimum atomic E-state index is 0.135. The molecule has 4 nitrogen and oxygen atoms in total. The van der Waals surface area contributed by atoms with Crippen molar-refractivity contribution >= 4 is 17.3 Å². The van der Waals surface area contributed by atoms with Gasteiger partial charge < -0.3 is 10.7 Å². The molecule has 0 saturated heterocycles. The molecule has 0 atom stereocenters. The molecule has 22 heavy (non-hydrogen) atoms. The quantitative estimate of drug-likeness (QED) is 0.569. The zero-order chi connectivity index (χ0) is 15.6. The van der Waals surface area contributed by atoms with Gasteiger partial charge in [-0.05, 0) is 43.0 Å². The third-order valence-corrected chi connectivity index (χ3v) is 4.53. The third-order valence-electron chi connectivity index (χ3n) is 4.53. The maximum Gasteiger partial charge on any atom is 0.224 e. The minimum Gasteiger partial charge on any atom is -0.326 e. The Kier molecular flexibility index (Phi) is 7.23. The van der Waals surface area contributed by atoms with E-state index in [2.05, 4.69) is 10.7 Å². The summed E-state index contributed by atoms with van der Waals surface area (Å²) in [4.78, 5) is 12.2. The molecule has 1 fully saturated rings. The van der Waals surface area contributed by atoms with Crippen molar-refractivity contribution in [3.63, 3.8) is 0 Å². The van der Waals surface area contributed by atoms with Crippen molar-refractivity contribution in [1.82, 2.24) is 0 Å². The largest absolute Gasteiger partial charge is 0.326 e. The number of hydrogen-bond donors (Lipinski definition) is 3. The van der Waals surface area contributed by atoms with Gasteiger partial charge in [-0.3, -0.25) is 10.6 Å². The van der Waals surface area contributed by atoms with Gasteiger partial charge in [-0.2, -0.15) is 0 Å². The van der Waals surface area contributed by atoms with Gasteiger partial charge in [0.15, 0.2) is 0 Å². The summed E-state index contributed by atoms with van der Waals surface area (Å²) >= 11 is 0. The van der Waals surface area contributed by atoms with E-state index in [1.54, 1.807) is 0 Å². The number of benzene rings is 1. The number of carbonyl (C=O) groups is 1. The summed E-state index contributed by atoms with van der Waals surface area (Å²) in [6.07, 6.45) is 12.4. The van der Waals surface area contributed by atoms with Gasteiger partial charge >= 0.3 is 0 Å². The van der Waals surface area contributed by atoms with Crippen LogP contribution in [0.1, 0.15) is 64.2 Å². The highest BCUT2D eigenvalue weighted by Crippen LogP contribution is 2.24. The Bertz CT molecular complexity index is 434. The van der Waals surface area contributed by atoms with E-state index in [1.807, 2.05) is 24.3 Å². The summed E-state index contributed by atoms with van der Waals surface area (Å²) in [5.74, 6) is 6.02. The SMILES string of the molecule is NNc1ccc(NC(=O)CC2CCCCCCCCC2)cc1. The maximum atomic E-state index is 12.2. The highest BCUT2D eigenvalue weighted by Gasteiger charge is 2.14. The van der Waals surface area contributed by atoms with Gasteiger partial charge in [0.25, 0.3) is 0 Å². The van der Waals surface area contributed by atoms with E-state index in [1.165, 1.54) is 57.8 Å². The van der Waals surface area contributed by atoms with Crippen LogP contribution in [-0.4, -0.2) is 5.91 Å². The maximum absolute atomic E-state index is 12.2. The van der Waals surface area contributed by atoms with Crippen LogP contribution >= 0.6 is 0 Å². The standard InChI is InChI=1S/C18H29N3O/c19-21-17-12-10-16(11-13-17)20-18(22)14-15-8-6-4-2-1-3-5-7-9-15/h10-13,15,21H,1-9,14,19H2,(H,20,22). The van der Waals surface area contributed by atoms with Crippen molar-refractivity contribution in [3.05, 3.63) is 24.3 Å². The topological polar surface area (TPSA) is 67.2 Å². The Morgan fingerprint density at radius 2 is 1.41 bits per heavy atom. The van der Waals surface area contributed by atoms with Crippen LogP contribution in [0.15, 0.2) is 24.3 Å². The highest BCUT2D eigenvalue weighted by molar-refractivity contribution is 5.91. The zero-order valence-electron chi connectivity index (χ0n) is 13.4. The fraction of sp³-hybridized carbons (Fsp3) is 0.611. The Balaban J connectivity index is 1.80. The van der Waals surface area contributed by atoms with E-state index in [0.717, 1.165) is 11.4 Å². The number of nitrogen functional groups attached to an aromatic ring is 1. The Labute approximate surface area is 133 Å². The van der Waals surface area contributed by atoms with Gasteiger partial charge in [0, 0.05) is 17.8 Å². The molecule has 0 unspecified atom stereocenters. The molecule has 4 heteroatoms. The fourth-order valence-corrected chi connectivity index (χ4v) is 3.22. The van der Waals surface area contributed by atoms with E-state index in [-0.39, 0.29) is 5.91 Å². The predicted octanol–water partition coefficient (Wildman–Crippen LogP) is 4.44. The smallest absolute Gasteiger partial charge is 0.224 e. The van der Waals surface area contributed by atoms with Crippen molar-refractivity contribution < 1.29 is 4.79 Å². The molecule has 0 heterocycles. The summed E-state index contributed by atoms with van der Waals surface area (Å²) < 4.78 is 0. The molecule has 0 bridgehead atoms. The lowest BCUT2D eigenvalue weighted by atomic mass is 9.90. The molecule has 1 saturated carbocycles. The zero-order valence-corrected chi connectivity index (χ0v) is 13.4. The Morgan fingerprint density at radius 1 is 0.909 bits per heavy atom. The summed E-state index contributed by atoms with van der Waals surface area (Å²) in [5.41, 5.74) is 4.26. The second-order valence-electron chi connectivity index (χ2n) is 6.39. The monoisotopic (exact) mass is 303 g/mol. The Hall–Kier alpha value is -1.55. The Morgan fingerprint density at radius 3 is 1.95 bits per heavy atom. The van der Waals surface area contributed by atoms with Crippen molar-refractivity contribution in [2.75, 3.05) is 10.7 Å². The molecule has 2 rings (SSSR count). The van der Waals surface area contributed by atoms with Crippen molar-refractivity contribution in [3.8, 4) is 0 Å². The molecular formula is C18H29N3O. The average molecular weight is 303 g/mol. The van der Waals surface area contributed by atoms with Crippen LogP contribution in [0.4, 0.5) is 11.4 Å². The first-order valence-electron chi connectivity index (χ1n) is 8.64. The molecule has 4 N–H and O–H groups in total. The second-order valence-corrected chi connectivity index (χ2v) is 6.39. The van der Waals surface area contributed by atoms with Gasteiger partial charge in [-0.15, -0.1) is 0 Å². The molecule has 1 aliphatic carbocycles. The number of carbonyl (C=O) groups excluding carboxylic acids is 1. The number of nitrogens with one attached hydrogen (secondary N) is 2. The van der Waals surface area contributed by atoms with Crippen LogP contribution in [0.25, 0.3) is 0 Å². The summed E-state index contributed by atoms with van der Waals surface area (Å²) in [6.45, 7) is 0. The minimum absolute atomic E-state index is 0.135. The molecule has 0 aromatic heterocycles. The lowest BCUT2D eigenvalue weighted by molar-refractivity contribution is -0.117. The third kappa shape index (κ3) is 6.06. The lowest BCUT2D eigenvalue weighted by Crippen LogP contribution is -2.17. The van der Waals surface area contributed by atoms with Crippen LogP contribution in [0.2, 0.25) is 0 Å². The van der Waals surface area contributed by atoms with E-state index in [4.69, 9.17) is 5.84 Å². The van der Waals surface area contributed by atoms with E-state index in [0.29, 0.717) is 12.3 Å². The molecule has 122 valence electrons. The van der Waals surface area contributed by atoms with E-state index >= 15 is 0 Å². The van der Waals surface area contributed by atoms with Gasteiger partial charge in [-0.1, -0.05) is 44.9 Å². The molecule has 1 aromatic carbocycles. The van der Waals surface area contributed by atoms with E-state index in [9.17, 15) is 4.79 Å². The highest BCUT2D eigenvalue weighted by atomic mass is 16.1. The summed E-state index contributed by atoms with van der Waals surface area (Å²) in [7, 11) is 0. The van der Waals surface area contributed by atoms with Crippen molar-refractivity contribution in [2.24, 2.45) is 11.8 Å². The molecule has 1 amide bonds. The van der Waals surface area contributed by atoms with Crippen LogP contribution < -0.4 is 16.6 Å². The van der Waals surface area contributed by atoms with Gasteiger partial charge in [0.05, 0.1) is 0 Å². The molecular weight excluding hydrogens is 274 g/mol. The average Bonchev–Trinajstić information content (AvgIpc) is 2.54. The first-order chi connectivity index (χ1) is 10.8. The molecule has 0 radical (unpaired) electrons. The lowest BCUT2D eigenvalue weighted by Gasteiger charge is -2.18. The first-order valence-corrected chi connectivity index (χ1v) is 8.64. The van der Waals surface area contributed by atoms with Crippen molar-refractivity contribution in [2.45, 2.75) is 64.2 Å². The fourth-order valence-electron chi connectivity index (χ4n) is 3.22. The number of amides is 1. The van der Waals surface area contributed by atoms with Crippen molar-refractivity contribution in [1.29, 1.82) is 0 Å². The normalized spacial score (nSPS) is 17.7. The number of rotatable bonds is 4. The second kappa shape index (κ2) is 9.46. The molecule has 1 aromatic rings. The number of hydrogen-bond acceptors (Lipinski definition) is 3. The van der Waals surface area contributed by atoms with Crippen LogP contribution in [-0.2, 0) is 4.79 Å². The van der Waals surface area contributed by atoms with Crippen LogP contribution in [0, 0.1) is 5.92 Å².